The number of hydrogen-bond donors (Lipinski definition) is 1. The van der Waals surface area contributed by atoms with E-state index in [9.17, 15) is 4.79 Å². The van der Waals surface area contributed by atoms with Crippen LogP contribution in [0.25, 0.3) is 0 Å². The van der Waals surface area contributed by atoms with Gasteiger partial charge in [-0.1, -0.05) is 28.1 Å². The van der Waals surface area contributed by atoms with Crippen LogP contribution in [0.1, 0.15) is 39.9 Å². The third kappa shape index (κ3) is 3.03. The number of rotatable bonds is 2. The molecule has 0 bridgehead atoms. The zero-order valence-corrected chi connectivity index (χ0v) is 13.7. The molecule has 108 valence electrons. The molecule has 0 radical (unpaired) electrons. The van der Waals surface area contributed by atoms with E-state index < -0.39 is 0 Å². The van der Waals surface area contributed by atoms with E-state index in [1.807, 2.05) is 37.3 Å². The van der Waals surface area contributed by atoms with Crippen molar-refractivity contribution in [1.29, 1.82) is 0 Å². The summed E-state index contributed by atoms with van der Waals surface area (Å²) in [5.41, 5.74) is 5.43. The van der Waals surface area contributed by atoms with Crippen LogP contribution in [0.4, 0.5) is 5.69 Å². The first kappa shape index (κ1) is 14.3. The molecular formula is C18H18BrNO. The normalized spacial score (nSPS) is 13.6. The number of nitrogens with one attached hydrogen (secondary N) is 1. The third-order valence-electron chi connectivity index (χ3n) is 4.06. The second-order valence-electron chi connectivity index (χ2n) is 5.57. The van der Waals surface area contributed by atoms with Crippen molar-refractivity contribution in [3.63, 3.8) is 0 Å². The fraction of sp³-hybridized carbons (Fsp3) is 0.278. The number of amides is 1. The molecule has 0 saturated heterocycles. The number of benzene rings is 2. The fourth-order valence-corrected chi connectivity index (χ4v) is 3.13. The summed E-state index contributed by atoms with van der Waals surface area (Å²) in [6.07, 6.45) is 4.63. The Morgan fingerprint density at radius 3 is 2.76 bits per heavy atom. The van der Waals surface area contributed by atoms with Crippen LogP contribution < -0.4 is 5.32 Å². The maximum atomic E-state index is 12.4. The molecular weight excluding hydrogens is 326 g/mol. The molecule has 1 amide bonds. The van der Waals surface area contributed by atoms with Crippen molar-refractivity contribution in [1.82, 2.24) is 0 Å². The second kappa shape index (κ2) is 6.02. The first-order chi connectivity index (χ1) is 10.1. The molecule has 21 heavy (non-hydrogen) atoms. The van der Waals surface area contributed by atoms with Gasteiger partial charge in [0.2, 0.25) is 0 Å². The fourth-order valence-electron chi connectivity index (χ4n) is 2.88. The van der Waals surface area contributed by atoms with Gasteiger partial charge in [-0.2, -0.15) is 0 Å². The maximum Gasteiger partial charge on any atom is 0.255 e. The number of aryl methyl sites for hydroxylation is 2. The zero-order chi connectivity index (χ0) is 14.8. The third-order valence-corrected chi connectivity index (χ3v) is 4.95. The van der Waals surface area contributed by atoms with Gasteiger partial charge in [0.15, 0.2) is 0 Å². The Morgan fingerprint density at radius 2 is 1.95 bits per heavy atom. The lowest BCUT2D eigenvalue weighted by Gasteiger charge is -2.19. The molecule has 2 nitrogen and oxygen atoms in total. The van der Waals surface area contributed by atoms with Crippen molar-refractivity contribution in [3.05, 3.63) is 63.1 Å². The summed E-state index contributed by atoms with van der Waals surface area (Å²) in [7, 11) is 0. The van der Waals surface area contributed by atoms with Gasteiger partial charge >= 0.3 is 0 Å². The summed E-state index contributed by atoms with van der Waals surface area (Å²) in [5, 5.41) is 3.08. The Balaban J connectivity index is 1.86. The molecule has 1 N–H and O–H groups in total. The first-order valence-electron chi connectivity index (χ1n) is 7.33. The van der Waals surface area contributed by atoms with E-state index in [-0.39, 0.29) is 5.91 Å². The van der Waals surface area contributed by atoms with Gasteiger partial charge < -0.3 is 5.32 Å². The Bertz CT molecular complexity index is 694. The highest BCUT2D eigenvalue weighted by Gasteiger charge is 2.15. The molecule has 3 rings (SSSR count). The van der Waals surface area contributed by atoms with Crippen molar-refractivity contribution < 1.29 is 4.79 Å². The SMILES string of the molecule is Cc1cc(C(=O)Nc2cccc3c2CCCC3)ccc1Br. The zero-order valence-electron chi connectivity index (χ0n) is 12.1. The molecule has 0 heterocycles. The van der Waals surface area contributed by atoms with Crippen molar-refractivity contribution in [3.8, 4) is 0 Å². The number of hydrogen-bond acceptors (Lipinski definition) is 1. The average molecular weight is 344 g/mol. The average Bonchev–Trinajstić information content (AvgIpc) is 2.50. The Kier molecular flexibility index (Phi) is 4.11. The highest BCUT2D eigenvalue weighted by molar-refractivity contribution is 9.10. The van der Waals surface area contributed by atoms with E-state index in [4.69, 9.17) is 0 Å². The Morgan fingerprint density at radius 1 is 1.14 bits per heavy atom. The van der Waals surface area contributed by atoms with E-state index in [0.717, 1.165) is 28.6 Å². The van der Waals surface area contributed by atoms with Crippen LogP contribution in [0.3, 0.4) is 0 Å². The molecule has 0 saturated carbocycles. The molecule has 3 heteroatoms. The molecule has 0 fully saturated rings. The number of fused-ring (bicyclic) bond motifs is 1. The van der Waals surface area contributed by atoms with Gasteiger partial charge in [0, 0.05) is 15.7 Å². The van der Waals surface area contributed by atoms with Gasteiger partial charge in [0.25, 0.3) is 5.91 Å². The summed E-state index contributed by atoms with van der Waals surface area (Å²) < 4.78 is 1.02. The van der Waals surface area contributed by atoms with Crippen LogP contribution in [0.5, 0.6) is 0 Å². The van der Waals surface area contributed by atoms with Gasteiger partial charge in [-0.15, -0.1) is 0 Å². The molecule has 1 aliphatic rings. The quantitative estimate of drug-likeness (QED) is 0.826. The Hall–Kier alpha value is -1.61. The highest BCUT2D eigenvalue weighted by atomic mass is 79.9. The summed E-state index contributed by atoms with van der Waals surface area (Å²) in [4.78, 5) is 12.4. The molecule has 0 aliphatic heterocycles. The lowest BCUT2D eigenvalue weighted by molar-refractivity contribution is 0.102. The van der Waals surface area contributed by atoms with E-state index in [1.54, 1.807) is 0 Å². The standard InChI is InChI=1S/C18H18BrNO/c1-12-11-14(9-10-16(12)19)18(21)20-17-8-4-6-13-5-2-3-7-15(13)17/h4,6,8-11H,2-3,5,7H2,1H3,(H,20,21). The Labute approximate surface area is 133 Å². The lowest BCUT2D eigenvalue weighted by atomic mass is 9.90. The molecule has 2 aromatic rings. The van der Waals surface area contributed by atoms with Crippen LogP contribution >= 0.6 is 15.9 Å². The second-order valence-corrected chi connectivity index (χ2v) is 6.42. The molecule has 1 aliphatic carbocycles. The maximum absolute atomic E-state index is 12.4. The summed E-state index contributed by atoms with van der Waals surface area (Å²) >= 11 is 3.46. The molecule has 0 atom stereocenters. The summed E-state index contributed by atoms with van der Waals surface area (Å²) in [6, 6.07) is 11.9. The van der Waals surface area contributed by atoms with Gasteiger partial charge in [0.05, 0.1) is 0 Å². The van der Waals surface area contributed by atoms with Gasteiger partial charge in [0.1, 0.15) is 0 Å². The van der Waals surface area contributed by atoms with E-state index in [0.29, 0.717) is 5.56 Å². The summed E-state index contributed by atoms with van der Waals surface area (Å²) in [5.74, 6) is -0.0374. The van der Waals surface area contributed by atoms with Crippen molar-refractivity contribution >= 4 is 27.5 Å². The van der Waals surface area contributed by atoms with E-state index in [1.165, 1.54) is 24.0 Å². The smallest absolute Gasteiger partial charge is 0.255 e. The summed E-state index contributed by atoms with van der Waals surface area (Å²) in [6.45, 7) is 1.99. The largest absolute Gasteiger partial charge is 0.322 e. The van der Waals surface area contributed by atoms with Gasteiger partial charge in [-0.05, 0) is 73.6 Å². The number of halogens is 1. The number of anilines is 1. The predicted molar refractivity (Wildman–Crippen MR) is 89.9 cm³/mol. The van der Waals surface area contributed by atoms with Crippen molar-refractivity contribution in [2.24, 2.45) is 0 Å². The number of carbonyl (C=O) groups excluding carboxylic acids is 1. The van der Waals surface area contributed by atoms with Crippen LogP contribution in [-0.2, 0) is 12.8 Å². The van der Waals surface area contributed by atoms with E-state index >= 15 is 0 Å². The van der Waals surface area contributed by atoms with Gasteiger partial charge in [-0.3, -0.25) is 4.79 Å². The van der Waals surface area contributed by atoms with Crippen LogP contribution in [0.2, 0.25) is 0 Å². The lowest BCUT2D eigenvalue weighted by Crippen LogP contribution is -2.15. The molecule has 0 aromatic heterocycles. The predicted octanol–water partition coefficient (Wildman–Crippen LogP) is 4.89. The van der Waals surface area contributed by atoms with Gasteiger partial charge in [-0.25, -0.2) is 0 Å². The highest BCUT2D eigenvalue weighted by Crippen LogP contribution is 2.28. The minimum absolute atomic E-state index is 0.0374. The van der Waals surface area contributed by atoms with Crippen LogP contribution in [0, 0.1) is 6.92 Å². The van der Waals surface area contributed by atoms with Crippen LogP contribution in [0.15, 0.2) is 40.9 Å². The first-order valence-corrected chi connectivity index (χ1v) is 8.13. The number of carbonyl (C=O) groups is 1. The molecule has 2 aromatic carbocycles. The molecule has 0 unspecified atom stereocenters. The van der Waals surface area contributed by atoms with Crippen molar-refractivity contribution in [2.75, 3.05) is 5.32 Å². The van der Waals surface area contributed by atoms with E-state index in [2.05, 4.69) is 27.3 Å². The monoisotopic (exact) mass is 343 g/mol. The molecule has 0 spiro atoms. The van der Waals surface area contributed by atoms with Crippen molar-refractivity contribution in [2.45, 2.75) is 32.6 Å². The van der Waals surface area contributed by atoms with Crippen LogP contribution in [-0.4, -0.2) is 5.91 Å². The minimum atomic E-state index is -0.0374. The minimum Gasteiger partial charge on any atom is -0.322 e. The topological polar surface area (TPSA) is 29.1 Å².